The minimum atomic E-state index is -0.412. The Bertz CT molecular complexity index is 550. The normalized spacial score (nSPS) is 10.7. The average Bonchev–Trinajstić information content (AvgIpc) is 2.56. The van der Waals surface area contributed by atoms with E-state index in [0.29, 0.717) is 12.3 Å². The maximum absolute atomic E-state index is 11.6. The largest absolute Gasteiger partial charge is 0.461 e. The van der Waals surface area contributed by atoms with Crippen LogP contribution < -0.4 is 0 Å². The minimum absolute atomic E-state index is 0.334. The monoisotopic (exact) mass is 301 g/mol. The third kappa shape index (κ3) is 1.95. The van der Waals surface area contributed by atoms with Gasteiger partial charge in [0.15, 0.2) is 0 Å². The highest BCUT2D eigenvalue weighted by molar-refractivity contribution is 9.10. The predicted octanol–water partition coefficient (Wildman–Crippen LogP) is 3.58. The number of carbonyl (C=O) groups is 1. The summed E-state index contributed by atoms with van der Waals surface area (Å²) in [5.41, 5.74) is 1.13. The lowest BCUT2D eigenvalue weighted by molar-refractivity contribution is 0.0519. The van der Waals surface area contributed by atoms with E-state index in [4.69, 9.17) is 16.5 Å². The van der Waals surface area contributed by atoms with E-state index in [-0.39, 0.29) is 0 Å². The molecule has 0 spiro atoms. The van der Waals surface area contributed by atoms with E-state index in [1.165, 1.54) is 4.09 Å². The van der Waals surface area contributed by atoms with Crippen molar-refractivity contribution in [1.82, 2.24) is 4.09 Å². The number of rotatable bonds is 2. The fourth-order valence-corrected chi connectivity index (χ4v) is 2.15. The Balaban J connectivity index is 2.55. The molecule has 0 aliphatic rings. The molecule has 0 amide bonds. The summed E-state index contributed by atoms with van der Waals surface area (Å²) in [6.45, 7) is 2.09. The molecule has 0 radical (unpaired) electrons. The molecular formula is C11H9BrClNO2. The topological polar surface area (TPSA) is 31.2 Å². The maximum atomic E-state index is 11.6. The average molecular weight is 303 g/mol. The van der Waals surface area contributed by atoms with Crippen LogP contribution in [0.5, 0.6) is 0 Å². The molecule has 3 nitrogen and oxygen atoms in total. The van der Waals surface area contributed by atoms with Gasteiger partial charge in [0.05, 0.1) is 12.1 Å². The van der Waals surface area contributed by atoms with Gasteiger partial charge in [-0.2, -0.15) is 0 Å². The molecule has 1 aromatic carbocycles. The molecule has 0 aliphatic carbocycles. The van der Waals surface area contributed by atoms with Crippen LogP contribution in [0, 0.1) is 0 Å². The first kappa shape index (κ1) is 11.5. The molecule has 5 heteroatoms. The third-order valence-corrected chi connectivity index (χ3v) is 3.05. The van der Waals surface area contributed by atoms with E-state index in [1.807, 2.05) is 18.2 Å². The van der Waals surface area contributed by atoms with Gasteiger partial charge in [-0.05, 0) is 31.2 Å². The maximum Gasteiger partial charge on any atom is 0.356 e. The lowest BCUT2D eigenvalue weighted by Crippen LogP contribution is -2.07. The fourth-order valence-electron chi connectivity index (χ4n) is 1.50. The van der Waals surface area contributed by atoms with Crippen molar-refractivity contribution in [2.75, 3.05) is 6.61 Å². The van der Waals surface area contributed by atoms with Crippen molar-refractivity contribution in [2.45, 2.75) is 6.92 Å². The molecule has 0 aliphatic heterocycles. The van der Waals surface area contributed by atoms with Gasteiger partial charge in [0.2, 0.25) is 0 Å². The van der Waals surface area contributed by atoms with Gasteiger partial charge in [0.1, 0.15) is 5.69 Å². The van der Waals surface area contributed by atoms with Crippen molar-refractivity contribution in [1.29, 1.82) is 0 Å². The number of hydrogen-bond acceptors (Lipinski definition) is 2. The minimum Gasteiger partial charge on any atom is -0.461 e. The van der Waals surface area contributed by atoms with Crippen LogP contribution in [0.25, 0.3) is 10.9 Å². The summed E-state index contributed by atoms with van der Waals surface area (Å²) in [7, 11) is 0. The number of esters is 1. The van der Waals surface area contributed by atoms with E-state index in [1.54, 1.807) is 13.0 Å². The van der Waals surface area contributed by atoms with Gasteiger partial charge in [0, 0.05) is 21.6 Å². The Labute approximate surface area is 106 Å². The molecule has 0 saturated carbocycles. The van der Waals surface area contributed by atoms with Crippen molar-refractivity contribution >= 4 is 44.6 Å². The summed E-state index contributed by atoms with van der Waals surface area (Å²) >= 11 is 9.41. The first-order valence-electron chi connectivity index (χ1n) is 4.77. The summed E-state index contributed by atoms with van der Waals surface area (Å²) in [4.78, 5) is 11.6. The van der Waals surface area contributed by atoms with Crippen molar-refractivity contribution in [2.24, 2.45) is 0 Å². The summed E-state index contributed by atoms with van der Waals surface area (Å²) in [6.07, 6.45) is 0. The first-order valence-corrected chi connectivity index (χ1v) is 5.91. The van der Waals surface area contributed by atoms with Crippen LogP contribution in [0.15, 0.2) is 28.7 Å². The molecule has 0 N–H and O–H groups in total. The molecule has 0 unspecified atom stereocenters. The third-order valence-electron chi connectivity index (χ3n) is 2.19. The molecule has 2 aromatic rings. The molecule has 1 aromatic heterocycles. The zero-order chi connectivity index (χ0) is 11.7. The Hall–Kier alpha value is -1.00. The van der Waals surface area contributed by atoms with Crippen LogP contribution in [0.3, 0.4) is 0 Å². The van der Waals surface area contributed by atoms with Crippen molar-refractivity contribution in [3.05, 3.63) is 34.4 Å². The van der Waals surface area contributed by atoms with Crippen LogP contribution in [0.2, 0.25) is 0 Å². The number of aromatic nitrogens is 1. The molecule has 84 valence electrons. The van der Waals surface area contributed by atoms with Crippen molar-refractivity contribution in [3.63, 3.8) is 0 Å². The number of fused-ring (bicyclic) bond motifs is 1. The Kier molecular flexibility index (Phi) is 3.21. The second-order valence-corrected chi connectivity index (χ2v) is 4.49. The van der Waals surface area contributed by atoms with Gasteiger partial charge in [-0.1, -0.05) is 15.9 Å². The number of ether oxygens (including phenoxy) is 1. The van der Waals surface area contributed by atoms with Crippen molar-refractivity contribution < 1.29 is 9.53 Å². The Morgan fingerprint density at radius 2 is 2.25 bits per heavy atom. The van der Waals surface area contributed by atoms with Crippen LogP contribution in [-0.2, 0) is 4.74 Å². The number of hydrogen-bond donors (Lipinski definition) is 0. The first-order chi connectivity index (χ1) is 7.63. The number of halogens is 2. The van der Waals surface area contributed by atoms with Crippen LogP contribution in [0.1, 0.15) is 17.4 Å². The fraction of sp³-hybridized carbons (Fsp3) is 0.182. The summed E-state index contributed by atoms with van der Waals surface area (Å²) in [5, 5.41) is 0.896. The molecule has 0 atom stereocenters. The molecule has 1 heterocycles. The highest BCUT2D eigenvalue weighted by Gasteiger charge is 2.15. The Morgan fingerprint density at radius 3 is 2.94 bits per heavy atom. The van der Waals surface area contributed by atoms with Gasteiger partial charge < -0.3 is 4.74 Å². The van der Waals surface area contributed by atoms with E-state index < -0.39 is 5.97 Å². The van der Waals surface area contributed by atoms with E-state index in [2.05, 4.69) is 15.9 Å². The zero-order valence-corrected chi connectivity index (χ0v) is 10.9. The van der Waals surface area contributed by atoms with Gasteiger partial charge in [-0.15, -0.1) is 0 Å². The van der Waals surface area contributed by atoms with Gasteiger partial charge >= 0.3 is 5.97 Å². The van der Waals surface area contributed by atoms with Crippen molar-refractivity contribution in [3.8, 4) is 0 Å². The lowest BCUT2D eigenvalue weighted by Gasteiger charge is -2.00. The highest BCUT2D eigenvalue weighted by atomic mass is 79.9. The summed E-state index contributed by atoms with van der Waals surface area (Å²) < 4.78 is 7.17. The molecular weight excluding hydrogens is 293 g/mol. The summed E-state index contributed by atoms with van der Waals surface area (Å²) in [6, 6.07) is 7.33. The van der Waals surface area contributed by atoms with Gasteiger partial charge in [-0.3, -0.25) is 0 Å². The second kappa shape index (κ2) is 4.47. The number of nitrogens with zero attached hydrogens (tertiary/aromatic N) is 1. The standard InChI is InChI=1S/C11H9BrClNO2/c1-2-16-11(15)10-6-7-5-8(12)3-4-9(7)14(10)13/h3-6H,2H2,1H3. The van der Waals surface area contributed by atoms with Gasteiger partial charge in [-0.25, -0.2) is 8.88 Å². The Morgan fingerprint density at radius 1 is 1.50 bits per heavy atom. The zero-order valence-electron chi connectivity index (χ0n) is 8.54. The number of carbonyl (C=O) groups excluding carboxylic acids is 1. The van der Waals surface area contributed by atoms with Crippen LogP contribution in [-0.4, -0.2) is 16.7 Å². The molecule has 0 saturated heterocycles. The van der Waals surface area contributed by atoms with E-state index >= 15 is 0 Å². The highest BCUT2D eigenvalue weighted by Crippen LogP contribution is 2.25. The second-order valence-electron chi connectivity index (χ2n) is 3.23. The summed E-state index contributed by atoms with van der Waals surface area (Å²) in [5.74, 6) is -0.412. The van der Waals surface area contributed by atoms with Crippen LogP contribution >= 0.6 is 27.7 Å². The smallest absolute Gasteiger partial charge is 0.356 e. The molecule has 16 heavy (non-hydrogen) atoms. The van der Waals surface area contributed by atoms with E-state index in [0.717, 1.165) is 15.4 Å². The molecule has 0 fully saturated rings. The number of benzene rings is 1. The van der Waals surface area contributed by atoms with Crippen LogP contribution in [0.4, 0.5) is 0 Å². The van der Waals surface area contributed by atoms with Gasteiger partial charge in [0.25, 0.3) is 0 Å². The molecule has 0 bridgehead atoms. The van der Waals surface area contributed by atoms with E-state index in [9.17, 15) is 4.79 Å². The predicted molar refractivity (Wildman–Crippen MR) is 66.8 cm³/mol. The lowest BCUT2D eigenvalue weighted by atomic mass is 10.2. The molecule has 2 rings (SSSR count). The quantitative estimate of drug-likeness (QED) is 0.794. The SMILES string of the molecule is CCOC(=O)c1cc2cc(Br)ccc2n1Cl.